The third-order valence-corrected chi connectivity index (χ3v) is 8.35. The van der Waals surface area contributed by atoms with Crippen molar-refractivity contribution in [3.05, 3.63) is 100 Å². The molecule has 42 heavy (non-hydrogen) atoms. The number of rotatable bonds is 12. The van der Waals surface area contributed by atoms with E-state index < -0.39 is 46.2 Å². The van der Waals surface area contributed by atoms with E-state index in [2.05, 4.69) is 21.2 Å². The first-order chi connectivity index (χ1) is 19.7. The van der Waals surface area contributed by atoms with Crippen molar-refractivity contribution in [3.63, 3.8) is 0 Å². The van der Waals surface area contributed by atoms with Crippen molar-refractivity contribution < 1.29 is 31.2 Å². The largest absolute Gasteiger partial charge is 0.416 e. The maximum atomic E-state index is 14.0. The third-order valence-electron chi connectivity index (χ3n) is 6.68. The van der Waals surface area contributed by atoms with Crippen molar-refractivity contribution in [2.45, 2.75) is 51.5 Å². The monoisotopic (exact) mass is 667 g/mol. The van der Waals surface area contributed by atoms with Crippen molar-refractivity contribution in [3.8, 4) is 0 Å². The van der Waals surface area contributed by atoms with Crippen molar-refractivity contribution in [1.29, 1.82) is 0 Å². The van der Waals surface area contributed by atoms with Crippen LogP contribution in [0.1, 0.15) is 37.0 Å². The number of nitrogens with zero attached hydrogens (tertiary/aromatic N) is 2. The van der Waals surface area contributed by atoms with Crippen LogP contribution in [0.2, 0.25) is 0 Å². The van der Waals surface area contributed by atoms with E-state index in [1.807, 2.05) is 32.0 Å². The number of hydrogen-bond acceptors (Lipinski definition) is 4. The topological polar surface area (TPSA) is 86.8 Å². The number of amides is 2. The van der Waals surface area contributed by atoms with Gasteiger partial charge in [0.1, 0.15) is 12.6 Å². The highest BCUT2D eigenvalue weighted by Gasteiger charge is 2.35. The van der Waals surface area contributed by atoms with Gasteiger partial charge in [-0.1, -0.05) is 71.4 Å². The Kier molecular flexibility index (Phi) is 11.2. The van der Waals surface area contributed by atoms with Crippen LogP contribution in [0, 0.1) is 0 Å². The maximum Gasteiger partial charge on any atom is 0.416 e. The molecule has 0 saturated carbocycles. The van der Waals surface area contributed by atoms with Crippen LogP contribution in [0.4, 0.5) is 18.9 Å². The lowest BCUT2D eigenvalue weighted by Gasteiger charge is -2.34. The number of benzene rings is 3. The Morgan fingerprint density at radius 3 is 2.17 bits per heavy atom. The fourth-order valence-electron chi connectivity index (χ4n) is 4.23. The summed E-state index contributed by atoms with van der Waals surface area (Å²) < 4.78 is 67.4. The molecule has 0 aliphatic heterocycles. The molecule has 0 unspecified atom stereocenters. The molecule has 7 nitrogen and oxygen atoms in total. The van der Waals surface area contributed by atoms with E-state index in [9.17, 15) is 31.2 Å². The van der Waals surface area contributed by atoms with Gasteiger partial charge in [-0.15, -0.1) is 0 Å². The van der Waals surface area contributed by atoms with Crippen molar-refractivity contribution >= 4 is 43.5 Å². The summed E-state index contributed by atoms with van der Waals surface area (Å²) in [6.45, 7) is 2.88. The molecular weight excluding hydrogens is 635 g/mol. The van der Waals surface area contributed by atoms with Gasteiger partial charge in [0.05, 0.1) is 17.5 Å². The first-order valence-electron chi connectivity index (χ1n) is 13.2. The summed E-state index contributed by atoms with van der Waals surface area (Å²) in [5.74, 6) is -1.18. The number of halogens is 4. The molecule has 3 aromatic carbocycles. The van der Waals surface area contributed by atoms with Crippen molar-refractivity contribution in [2.75, 3.05) is 17.1 Å². The lowest BCUT2D eigenvalue weighted by molar-refractivity contribution is -0.140. The van der Waals surface area contributed by atoms with Gasteiger partial charge < -0.3 is 10.2 Å². The van der Waals surface area contributed by atoms with Gasteiger partial charge in [-0.05, 0) is 54.8 Å². The maximum absolute atomic E-state index is 14.0. The number of sulfonamides is 1. The molecule has 0 aliphatic carbocycles. The van der Waals surface area contributed by atoms with Gasteiger partial charge in [-0.2, -0.15) is 13.2 Å². The van der Waals surface area contributed by atoms with Crippen LogP contribution in [-0.4, -0.2) is 50.0 Å². The van der Waals surface area contributed by atoms with Crippen molar-refractivity contribution in [1.82, 2.24) is 10.2 Å². The normalized spacial score (nSPS) is 13.2. The average molecular weight is 669 g/mol. The number of alkyl halides is 3. The van der Waals surface area contributed by atoms with Gasteiger partial charge >= 0.3 is 6.18 Å². The highest BCUT2D eigenvalue weighted by molar-refractivity contribution is 9.10. The molecule has 0 aromatic heterocycles. The molecule has 0 fully saturated rings. The van der Waals surface area contributed by atoms with Gasteiger partial charge in [0.25, 0.3) is 0 Å². The van der Waals surface area contributed by atoms with Crippen LogP contribution in [-0.2, 0) is 38.8 Å². The zero-order chi connectivity index (χ0) is 31.1. The van der Waals surface area contributed by atoms with Crippen LogP contribution in [0.15, 0.2) is 83.3 Å². The standard InChI is InChI=1S/C30H33BrF3N3O4S/c1-4-21(2)35-29(39)27(17-22-9-6-5-7-10-22)36(19-23-13-15-25(31)16-14-23)28(38)20-37(42(3,40)41)26-12-8-11-24(18-26)30(32,33)34/h5-16,18,21,27H,4,17,19-20H2,1-3H3,(H,35,39)/t21-,27-/m0/s1. The number of carbonyl (C=O) groups is 2. The summed E-state index contributed by atoms with van der Waals surface area (Å²) >= 11 is 3.37. The third kappa shape index (κ3) is 9.32. The van der Waals surface area contributed by atoms with E-state index in [0.717, 1.165) is 28.4 Å². The fourth-order valence-corrected chi connectivity index (χ4v) is 5.34. The molecule has 0 spiro atoms. The van der Waals surface area contributed by atoms with E-state index in [-0.39, 0.29) is 24.7 Å². The predicted molar refractivity (Wildman–Crippen MR) is 160 cm³/mol. The summed E-state index contributed by atoms with van der Waals surface area (Å²) in [5.41, 5.74) is 0.0785. The van der Waals surface area contributed by atoms with Crippen LogP contribution in [0.25, 0.3) is 0 Å². The van der Waals surface area contributed by atoms with E-state index in [4.69, 9.17) is 0 Å². The Labute approximate surface area is 252 Å². The summed E-state index contributed by atoms with van der Waals surface area (Å²) in [6, 6.07) is 18.7. The van der Waals surface area contributed by atoms with Crippen LogP contribution < -0.4 is 9.62 Å². The molecule has 0 radical (unpaired) electrons. The zero-order valence-electron chi connectivity index (χ0n) is 23.4. The molecule has 0 saturated heterocycles. The van der Waals surface area contributed by atoms with Gasteiger partial charge in [0.15, 0.2) is 0 Å². The lowest BCUT2D eigenvalue weighted by atomic mass is 10.0. The highest BCUT2D eigenvalue weighted by Crippen LogP contribution is 2.32. The molecule has 12 heteroatoms. The van der Waals surface area contributed by atoms with E-state index in [1.165, 1.54) is 11.0 Å². The minimum atomic E-state index is -4.72. The van der Waals surface area contributed by atoms with E-state index >= 15 is 0 Å². The number of anilines is 1. The summed E-state index contributed by atoms with van der Waals surface area (Å²) in [7, 11) is -4.20. The van der Waals surface area contributed by atoms with Crippen LogP contribution in [0.5, 0.6) is 0 Å². The summed E-state index contributed by atoms with van der Waals surface area (Å²) in [4.78, 5) is 29.0. The number of nitrogens with one attached hydrogen (secondary N) is 1. The molecule has 2 amide bonds. The molecule has 226 valence electrons. The summed E-state index contributed by atoms with van der Waals surface area (Å²) in [5, 5.41) is 2.92. The van der Waals surface area contributed by atoms with Crippen LogP contribution >= 0.6 is 15.9 Å². The molecule has 0 bridgehead atoms. The number of carbonyl (C=O) groups excluding carboxylic acids is 2. The fraction of sp³-hybridized carbons (Fsp3) is 0.333. The Balaban J connectivity index is 2.08. The number of hydrogen-bond donors (Lipinski definition) is 1. The highest BCUT2D eigenvalue weighted by atomic mass is 79.9. The van der Waals surface area contributed by atoms with Gasteiger partial charge in [-0.25, -0.2) is 8.42 Å². The first kappa shape index (κ1) is 33.1. The van der Waals surface area contributed by atoms with Gasteiger partial charge in [-0.3, -0.25) is 13.9 Å². The minimum Gasteiger partial charge on any atom is -0.352 e. The van der Waals surface area contributed by atoms with Crippen LogP contribution in [0.3, 0.4) is 0 Å². The second-order valence-electron chi connectivity index (χ2n) is 9.99. The Bertz CT molecular complexity index is 1470. The predicted octanol–water partition coefficient (Wildman–Crippen LogP) is 5.79. The molecule has 3 aromatic rings. The lowest BCUT2D eigenvalue weighted by Crippen LogP contribution is -2.54. The quantitative estimate of drug-likeness (QED) is 0.265. The molecule has 3 rings (SSSR count). The minimum absolute atomic E-state index is 0.0439. The van der Waals surface area contributed by atoms with Gasteiger partial charge in [0, 0.05) is 23.5 Å². The zero-order valence-corrected chi connectivity index (χ0v) is 25.8. The van der Waals surface area contributed by atoms with E-state index in [1.54, 1.807) is 36.4 Å². The molecule has 1 N–H and O–H groups in total. The van der Waals surface area contributed by atoms with E-state index in [0.29, 0.717) is 22.4 Å². The smallest absolute Gasteiger partial charge is 0.352 e. The Hall–Kier alpha value is -3.38. The second kappa shape index (κ2) is 14.2. The average Bonchev–Trinajstić information content (AvgIpc) is 2.93. The molecule has 2 atom stereocenters. The molecule has 0 heterocycles. The van der Waals surface area contributed by atoms with Crippen molar-refractivity contribution in [2.24, 2.45) is 0 Å². The second-order valence-corrected chi connectivity index (χ2v) is 12.8. The van der Waals surface area contributed by atoms with Gasteiger partial charge in [0.2, 0.25) is 21.8 Å². The molecular formula is C30H33BrF3N3O4S. The SMILES string of the molecule is CC[C@H](C)NC(=O)[C@H](Cc1ccccc1)N(Cc1ccc(Br)cc1)C(=O)CN(c1cccc(C(F)(F)F)c1)S(C)(=O)=O. The molecule has 0 aliphatic rings. The Morgan fingerprint density at radius 1 is 0.952 bits per heavy atom. The first-order valence-corrected chi connectivity index (χ1v) is 15.9. The summed E-state index contributed by atoms with van der Waals surface area (Å²) in [6.07, 6.45) is -3.13. The Morgan fingerprint density at radius 2 is 1.60 bits per heavy atom.